The Morgan fingerprint density at radius 3 is 2.46 bits per heavy atom. The molecule has 0 aliphatic carbocycles. The zero-order chi connectivity index (χ0) is 18.9. The highest BCUT2D eigenvalue weighted by atomic mass is 32.2. The molecule has 2 aromatic rings. The highest BCUT2D eigenvalue weighted by Gasteiger charge is 2.35. The molecule has 26 heavy (non-hydrogen) atoms. The number of carbonyl (C=O) groups excluding carboxylic acids is 1. The molecule has 1 amide bonds. The van der Waals surface area contributed by atoms with E-state index in [-0.39, 0.29) is 35.2 Å². The topological polar surface area (TPSA) is 111 Å². The van der Waals surface area contributed by atoms with Crippen LogP contribution in [0.2, 0.25) is 0 Å². The van der Waals surface area contributed by atoms with Gasteiger partial charge in [-0.1, -0.05) is 0 Å². The molecule has 1 aromatic carbocycles. The van der Waals surface area contributed by atoms with Crippen molar-refractivity contribution < 1.29 is 22.6 Å². The summed E-state index contributed by atoms with van der Waals surface area (Å²) in [6.45, 7) is 1.93. The first-order valence-electron chi connectivity index (χ1n) is 8.06. The number of sulfone groups is 1. The van der Waals surface area contributed by atoms with Crippen LogP contribution in [0, 0.1) is 17.0 Å². The molecule has 0 unspecified atom stereocenters. The molecular weight excluding hydrogens is 360 g/mol. The summed E-state index contributed by atoms with van der Waals surface area (Å²) < 4.78 is 29.2. The van der Waals surface area contributed by atoms with E-state index in [0.717, 1.165) is 0 Å². The molecule has 3 rings (SSSR count). The number of nitro benzene ring substituents is 1. The van der Waals surface area contributed by atoms with Gasteiger partial charge in [0, 0.05) is 23.7 Å². The number of furan rings is 1. The third-order valence-corrected chi connectivity index (χ3v) is 6.11. The zero-order valence-corrected chi connectivity index (χ0v) is 14.9. The van der Waals surface area contributed by atoms with Crippen molar-refractivity contribution >= 4 is 21.4 Å². The van der Waals surface area contributed by atoms with Gasteiger partial charge in [0.2, 0.25) is 0 Å². The van der Waals surface area contributed by atoms with Crippen LogP contribution in [0.1, 0.15) is 28.3 Å². The molecule has 1 atom stereocenters. The number of nitrogens with zero attached hydrogens (tertiary/aromatic N) is 2. The second kappa shape index (κ2) is 6.91. The van der Waals surface area contributed by atoms with Gasteiger partial charge in [0.1, 0.15) is 11.5 Å². The summed E-state index contributed by atoms with van der Waals surface area (Å²) in [6, 6.07) is 8.34. The number of non-ortho nitro benzene ring substituents is 1. The fourth-order valence-corrected chi connectivity index (χ4v) is 4.75. The molecule has 0 bridgehead atoms. The summed E-state index contributed by atoms with van der Waals surface area (Å²) in [7, 11) is -3.18. The highest BCUT2D eigenvalue weighted by Crippen LogP contribution is 2.24. The molecule has 1 saturated heterocycles. The van der Waals surface area contributed by atoms with E-state index in [1.165, 1.54) is 29.2 Å². The van der Waals surface area contributed by atoms with Crippen LogP contribution < -0.4 is 0 Å². The van der Waals surface area contributed by atoms with Crippen molar-refractivity contribution in [2.45, 2.75) is 25.9 Å². The van der Waals surface area contributed by atoms with Crippen LogP contribution in [-0.2, 0) is 16.4 Å². The summed E-state index contributed by atoms with van der Waals surface area (Å²) in [5.74, 6) is 0.824. The van der Waals surface area contributed by atoms with Gasteiger partial charge in [-0.25, -0.2) is 8.42 Å². The summed E-state index contributed by atoms with van der Waals surface area (Å²) in [6.07, 6.45) is 0.362. The van der Waals surface area contributed by atoms with Gasteiger partial charge in [-0.15, -0.1) is 0 Å². The Morgan fingerprint density at radius 2 is 1.96 bits per heavy atom. The second-order valence-electron chi connectivity index (χ2n) is 6.31. The Morgan fingerprint density at radius 1 is 1.27 bits per heavy atom. The number of aryl methyl sites for hydroxylation is 1. The third-order valence-electron chi connectivity index (χ3n) is 4.36. The van der Waals surface area contributed by atoms with Gasteiger partial charge in [0.05, 0.1) is 23.0 Å². The van der Waals surface area contributed by atoms with Crippen molar-refractivity contribution in [2.24, 2.45) is 0 Å². The van der Waals surface area contributed by atoms with Gasteiger partial charge in [0.25, 0.3) is 11.6 Å². The quantitative estimate of drug-likeness (QED) is 0.583. The molecule has 1 aliphatic heterocycles. The zero-order valence-electron chi connectivity index (χ0n) is 14.1. The average molecular weight is 378 g/mol. The number of rotatable bonds is 5. The van der Waals surface area contributed by atoms with E-state index in [2.05, 4.69) is 0 Å². The number of benzene rings is 1. The first-order valence-corrected chi connectivity index (χ1v) is 9.88. The number of hydrogen-bond donors (Lipinski definition) is 0. The molecule has 1 fully saturated rings. The van der Waals surface area contributed by atoms with Crippen molar-refractivity contribution in [3.63, 3.8) is 0 Å². The van der Waals surface area contributed by atoms with Crippen LogP contribution in [0.4, 0.5) is 5.69 Å². The lowest BCUT2D eigenvalue weighted by molar-refractivity contribution is -0.384. The van der Waals surface area contributed by atoms with Crippen molar-refractivity contribution in [3.8, 4) is 0 Å². The van der Waals surface area contributed by atoms with Crippen LogP contribution in [0.25, 0.3) is 0 Å². The van der Waals surface area contributed by atoms with Crippen LogP contribution in [0.3, 0.4) is 0 Å². The summed E-state index contributed by atoms with van der Waals surface area (Å²) in [4.78, 5) is 24.7. The molecule has 1 aliphatic rings. The lowest BCUT2D eigenvalue weighted by Crippen LogP contribution is -2.40. The molecule has 9 heteroatoms. The maximum atomic E-state index is 13.0. The monoisotopic (exact) mass is 378 g/mol. The Bertz CT molecular complexity index is 932. The predicted molar refractivity (Wildman–Crippen MR) is 93.5 cm³/mol. The molecule has 2 heterocycles. The predicted octanol–water partition coefficient (Wildman–Crippen LogP) is 2.33. The van der Waals surface area contributed by atoms with E-state index < -0.39 is 20.8 Å². The molecule has 8 nitrogen and oxygen atoms in total. The SMILES string of the molecule is Cc1ccc(CN(C(=O)c2ccc([N+](=O)[O-])cc2)[C@@H]2CCS(=O)(=O)C2)o1. The van der Waals surface area contributed by atoms with E-state index in [1.54, 1.807) is 19.1 Å². The standard InChI is InChI=1S/C17H18N2O6S/c1-12-2-7-16(25-12)10-18(15-8-9-26(23,24)11-15)17(20)13-3-5-14(6-4-13)19(21)22/h2-7,15H,8-11H2,1H3/t15-/m1/s1. The molecule has 0 saturated carbocycles. The Hall–Kier alpha value is -2.68. The normalized spacial score (nSPS) is 18.6. The van der Waals surface area contributed by atoms with Crippen molar-refractivity contribution in [1.82, 2.24) is 4.90 Å². The lowest BCUT2D eigenvalue weighted by Gasteiger charge is -2.27. The van der Waals surface area contributed by atoms with E-state index in [0.29, 0.717) is 17.9 Å². The summed E-state index contributed by atoms with van der Waals surface area (Å²) in [5, 5.41) is 10.8. The van der Waals surface area contributed by atoms with E-state index in [9.17, 15) is 23.3 Å². The van der Waals surface area contributed by atoms with Crippen molar-refractivity contribution in [1.29, 1.82) is 0 Å². The van der Waals surface area contributed by atoms with Crippen molar-refractivity contribution in [2.75, 3.05) is 11.5 Å². The number of hydrogen-bond acceptors (Lipinski definition) is 6. The third kappa shape index (κ3) is 3.93. The molecule has 138 valence electrons. The van der Waals surface area contributed by atoms with Crippen LogP contribution in [0.15, 0.2) is 40.8 Å². The van der Waals surface area contributed by atoms with Gasteiger partial charge < -0.3 is 9.32 Å². The number of amides is 1. The van der Waals surface area contributed by atoms with Crippen molar-refractivity contribution in [3.05, 3.63) is 63.6 Å². The van der Waals surface area contributed by atoms with Gasteiger partial charge in [-0.3, -0.25) is 14.9 Å². The maximum Gasteiger partial charge on any atom is 0.269 e. The lowest BCUT2D eigenvalue weighted by atomic mass is 10.1. The first-order chi connectivity index (χ1) is 12.2. The Balaban J connectivity index is 1.88. The second-order valence-corrected chi connectivity index (χ2v) is 8.53. The van der Waals surface area contributed by atoms with Crippen LogP contribution in [0.5, 0.6) is 0 Å². The number of carbonyl (C=O) groups is 1. The average Bonchev–Trinajstić information content (AvgIpc) is 3.17. The van der Waals surface area contributed by atoms with E-state index >= 15 is 0 Å². The highest BCUT2D eigenvalue weighted by molar-refractivity contribution is 7.91. The molecule has 0 N–H and O–H groups in total. The first kappa shape index (κ1) is 18.1. The van der Waals surface area contributed by atoms with Crippen LogP contribution in [-0.4, -0.2) is 41.7 Å². The smallest absolute Gasteiger partial charge is 0.269 e. The minimum Gasteiger partial charge on any atom is -0.464 e. The van der Waals surface area contributed by atoms with Gasteiger partial charge in [0.15, 0.2) is 9.84 Å². The van der Waals surface area contributed by atoms with Gasteiger partial charge in [-0.05, 0) is 37.6 Å². The minimum atomic E-state index is -3.18. The molecule has 0 spiro atoms. The fraction of sp³-hybridized carbons (Fsp3) is 0.353. The Kier molecular flexibility index (Phi) is 4.82. The largest absolute Gasteiger partial charge is 0.464 e. The molecule has 1 aromatic heterocycles. The molecule has 0 radical (unpaired) electrons. The fourth-order valence-electron chi connectivity index (χ4n) is 3.02. The van der Waals surface area contributed by atoms with Gasteiger partial charge in [-0.2, -0.15) is 0 Å². The number of nitro groups is 1. The van der Waals surface area contributed by atoms with Gasteiger partial charge >= 0.3 is 0 Å². The maximum absolute atomic E-state index is 13.0. The Labute approximate surface area is 150 Å². The van der Waals surface area contributed by atoms with E-state index in [4.69, 9.17) is 4.42 Å². The summed E-state index contributed by atoms with van der Waals surface area (Å²) in [5.41, 5.74) is 0.154. The summed E-state index contributed by atoms with van der Waals surface area (Å²) >= 11 is 0. The van der Waals surface area contributed by atoms with E-state index in [1.807, 2.05) is 0 Å². The molecular formula is C17H18N2O6S. The minimum absolute atomic E-state index is 0.0406. The van der Waals surface area contributed by atoms with Crippen LogP contribution >= 0.6 is 0 Å².